The summed E-state index contributed by atoms with van der Waals surface area (Å²) in [4.78, 5) is 3.76. The van der Waals surface area contributed by atoms with Crippen LogP contribution >= 0.6 is 0 Å². The molecule has 1 aromatic carbocycles. The van der Waals surface area contributed by atoms with Crippen LogP contribution in [0.4, 0.5) is 0 Å². The number of phenols is 1. The molecule has 1 aromatic heterocycles. The molecule has 2 fully saturated rings. The fourth-order valence-electron chi connectivity index (χ4n) is 3.54. The average molecular weight is 452 g/mol. The van der Waals surface area contributed by atoms with Gasteiger partial charge in [-0.3, -0.25) is 0 Å². The van der Waals surface area contributed by atoms with Crippen molar-refractivity contribution in [2.75, 3.05) is 26.2 Å². The molecule has 0 unspecified atom stereocenters. The zero-order chi connectivity index (χ0) is 23.5. The number of phenolic OH excluding ortho intramolecular Hbond substituents is 1. The summed E-state index contributed by atoms with van der Waals surface area (Å²) < 4.78 is 0. The average Bonchev–Trinajstić information content (AvgIpc) is 3.27. The molecule has 8 nitrogen and oxygen atoms in total. The molecule has 2 aliphatic heterocycles. The Labute approximate surface area is 197 Å². The Morgan fingerprint density at radius 1 is 0.970 bits per heavy atom. The topological polar surface area (TPSA) is 90.9 Å². The maximum Gasteiger partial charge on any atom is 0.131 e. The Bertz CT molecular complexity index is 949. The number of nitrogens with one attached hydrogen (secondary N) is 1. The van der Waals surface area contributed by atoms with E-state index in [1.807, 2.05) is 32.1 Å². The normalized spacial score (nSPS) is 17.7. The van der Waals surface area contributed by atoms with E-state index in [0.29, 0.717) is 17.0 Å². The summed E-state index contributed by atoms with van der Waals surface area (Å²) in [5.74, 6) is 1.13. The lowest BCUT2D eigenvalue weighted by Crippen LogP contribution is -2.46. The Kier molecular flexibility index (Phi) is 9.62. The van der Waals surface area contributed by atoms with Crippen molar-refractivity contribution in [1.29, 1.82) is 0 Å². The van der Waals surface area contributed by atoms with Crippen molar-refractivity contribution in [3.63, 3.8) is 0 Å². The third-order valence-corrected chi connectivity index (χ3v) is 5.84. The minimum absolute atomic E-state index is 0.135. The van der Waals surface area contributed by atoms with E-state index in [1.54, 1.807) is 18.5 Å². The lowest BCUT2D eigenvalue weighted by Gasteiger charge is -2.29. The van der Waals surface area contributed by atoms with Crippen LogP contribution < -0.4 is 5.32 Å². The van der Waals surface area contributed by atoms with Crippen LogP contribution in [-0.4, -0.2) is 62.7 Å². The van der Waals surface area contributed by atoms with Gasteiger partial charge in [0, 0.05) is 44.2 Å². The number of piperazine rings is 1. The predicted octanol–water partition coefficient (Wildman–Crippen LogP) is 4.31. The third-order valence-electron chi connectivity index (χ3n) is 5.84. The van der Waals surface area contributed by atoms with E-state index in [9.17, 15) is 5.11 Å². The van der Waals surface area contributed by atoms with Crippen LogP contribution in [0.2, 0.25) is 0 Å². The molecule has 1 saturated heterocycles. The monoisotopic (exact) mass is 451 g/mol. The highest BCUT2D eigenvalue weighted by molar-refractivity contribution is 6.12. The van der Waals surface area contributed by atoms with Crippen LogP contribution in [0.5, 0.6) is 5.75 Å². The van der Waals surface area contributed by atoms with Crippen molar-refractivity contribution in [1.82, 2.24) is 25.2 Å². The molecule has 178 valence electrons. The molecule has 0 amide bonds. The maximum absolute atomic E-state index is 10.6. The summed E-state index contributed by atoms with van der Waals surface area (Å²) in [5.41, 5.74) is 3.28. The molecule has 0 atom stereocenters. The number of amidine groups is 1. The van der Waals surface area contributed by atoms with Gasteiger partial charge in [-0.05, 0) is 24.6 Å². The SMILES string of the molecule is C1CCC1.CC.CCC1=CC(c2ccc(-n3nccn3)cc2O)=NN=C(N2CCNCC2)C1. The van der Waals surface area contributed by atoms with Crippen molar-refractivity contribution >= 4 is 11.5 Å². The van der Waals surface area contributed by atoms with E-state index in [-0.39, 0.29) is 5.75 Å². The Balaban J connectivity index is 0.000000452. The zero-order valence-electron chi connectivity index (χ0n) is 20.2. The van der Waals surface area contributed by atoms with Gasteiger partial charge in [0.15, 0.2) is 0 Å². The quantitative estimate of drug-likeness (QED) is 0.726. The molecular weight excluding hydrogens is 414 g/mol. The summed E-state index contributed by atoms with van der Waals surface area (Å²) in [7, 11) is 0. The molecule has 8 heteroatoms. The summed E-state index contributed by atoms with van der Waals surface area (Å²) in [5, 5.41) is 31.1. The number of hydrogen-bond donors (Lipinski definition) is 2. The largest absolute Gasteiger partial charge is 0.507 e. The first-order chi connectivity index (χ1) is 16.2. The predicted molar refractivity (Wildman–Crippen MR) is 134 cm³/mol. The van der Waals surface area contributed by atoms with Crippen LogP contribution in [0.1, 0.15) is 64.9 Å². The summed E-state index contributed by atoms with van der Waals surface area (Å²) >= 11 is 0. The first-order valence-electron chi connectivity index (χ1n) is 12.2. The molecule has 5 rings (SSSR count). The van der Waals surface area contributed by atoms with E-state index in [1.165, 1.54) is 36.1 Å². The standard InChI is InChI=1S/C19H23N7O.C4H8.C2H6/c1-2-14-11-17(23-24-19(12-14)25-9-7-20-8-10-25)16-4-3-15(13-18(16)27)26-21-5-6-22-26;1-2-4-3-1;1-2/h3-6,11,13,20,27H,2,7-10,12H2,1H3;1-4H2;1-2H3. The van der Waals surface area contributed by atoms with Gasteiger partial charge >= 0.3 is 0 Å². The van der Waals surface area contributed by atoms with Crippen LogP contribution in [0, 0.1) is 0 Å². The van der Waals surface area contributed by atoms with E-state index in [2.05, 4.69) is 37.5 Å². The second kappa shape index (κ2) is 12.9. The second-order valence-electron chi connectivity index (χ2n) is 8.01. The number of hydrogen-bond acceptors (Lipinski definition) is 7. The van der Waals surface area contributed by atoms with Crippen LogP contribution in [0.3, 0.4) is 0 Å². The van der Waals surface area contributed by atoms with Gasteiger partial charge in [-0.15, -0.1) is 10.2 Å². The van der Waals surface area contributed by atoms with Gasteiger partial charge in [0.25, 0.3) is 0 Å². The first kappa shape index (κ1) is 24.6. The van der Waals surface area contributed by atoms with Gasteiger partial charge in [-0.2, -0.15) is 15.0 Å². The highest BCUT2D eigenvalue weighted by Crippen LogP contribution is 2.25. The molecular formula is C25H37N7O. The molecule has 3 aliphatic rings. The highest BCUT2D eigenvalue weighted by Gasteiger charge is 2.19. The van der Waals surface area contributed by atoms with Gasteiger partial charge in [0.05, 0.1) is 23.8 Å². The molecule has 1 saturated carbocycles. The molecule has 1 aliphatic carbocycles. The number of aromatic hydroxyl groups is 1. The van der Waals surface area contributed by atoms with Gasteiger partial charge < -0.3 is 15.3 Å². The number of benzene rings is 1. The number of rotatable bonds is 3. The minimum Gasteiger partial charge on any atom is -0.507 e. The van der Waals surface area contributed by atoms with Crippen molar-refractivity contribution in [3.05, 3.63) is 47.8 Å². The van der Waals surface area contributed by atoms with Crippen LogP contribution in [0.25, 0.3) is 5.69 Å². The molecule has 0 radical (unpaired) electrons. The fraction of sp³-hybridized carbons (Fsp3) is 0.520. The van der Waals surface area contributed by atoms with E-state index in [4.69, 9.17) is 0 Å². The Morgan fingerprint density at radius 2 is 1.64 bits per heavy atom. The molecule has 0 bridgehead atoms. The van der Waals surface area contributed by atoms with Gasteiger partial charge in [0.1, 0.15) is 11.6 Å². The number of nitrogens with zero attached hydrogens (tertiary/aromatic N) is 6. The molecule has 0 spiro atoms. The van der Waals surface area contributed by atoms with Crippen molar-refractivity contribution in [2.24, 2.45) is 10.2 Å². The lowest BCUT2D eigenvalue weighted by molar-refractivity contribution is 0.352. The Hall–Kier alpha value is -3.00. The van der Waals surface area contributed by atoms with E-state index >= 15 is 0 Å². The van der Waals surface area contributed by atoms with Crippen LogP contribution in [0.15, 0.2) is 52.4 Å². The molecule has 2 N–H and O–H groups in total. The summed E-state index contributed by atoms with van der Waals surface area (Å²) in [6.07, 6.45) is 12.9. The van der Waals surface area contributed by atoms with Crippen molar-refractivity contribution in [2.45, 2.75) is 59.3 Å². The lowest BCUT2D eigenvalue weighted by atomic mass is 10.0. The van der Waals surface area contributed by atoms with Gasteiger partial charge in [0.2, 0.25) is 0 Å². The molecule has 3 heterocycles. The summed E-state index contributed by atoms with van der Waals surface area (Å²) in [6.45, 7) is 9.94. The fourth-order valence-corrected chi connectivity index (χ4v) is 3.54. The Morgan fingerprint density at radius 3 is 2.21 bits per heavy atom. The number of aromatic nitrogens is 3. The third kappa shape index (κ3) is 6.74. The van der Waals surface area contributed by atoms with E-state index in [0.717, 1.165) is 44.9 Å². The van der Waals surface area contributed by atoms with Crippen molar-refractivity contribution < 1.29 is 5.11 Å². The first-order valence-corrected chi connectivity index (χ1v) is 12.2. The number of allylic oxidation sites excluding steroid dienone is 1. The highest BCUT2D eigenvalue weighted by atomic mass is 16.3. The molecule has 33 heavy (non-hydrogen) atoms. The maximum atomic E-state index is 10.6. The summed E-state index contributed by atoms with van der Waals surface area (Å²) in [6, 6.07) is 5.34. The van der Waals surface area contributed by atoms with E-state index < -0.39 is 0 Å². The van der Waals surface area contributed by atoms with Crippen molar-refractivity contribution in [3.8, 4) is 11.4 Å². The molecule has 2 aromatic rings. The van der Waals surface area contributed by atoms with Gasteiger partial charge in [-0.25, -0.2) is 0 Å². The second-order valence-corrected chi connectivity index (χ2v) is 8.01. The minimum atomic E-state index is 0.135. The smallest absolute Gasteiger partial charge is 0.131 e. The zero-order valence-corrected chi connectivity index (χ0v) is 20.2. The van der Waals surface area contributed by atoms with Gasteiger partial charge in [-0.1, -0.05) is 52.0 Å². The van der Waals surface area contributed by atoms with Crippen LogP contribution in [-0.2, 0) is 0 Å².